The van der Waals surface area contributed by atoms with E-state index in [1.165, 1.54) is 88.1 Å². The maximum atomic E-state index is 13.8. The minimum absolute atomic E-state index is 0.0183. The van der Waals surface area contributed by atoms with E-state index < -0.39 is 11.8 Å². The molecule has 0 rings (SSSR count). The van der Waals surface area contributed by atoms with E-state index in [0.717, 1.165) is 32.1 Å². The minimum atomic E-state index is -0.746. The molecule has 3 atom stereocenters. The molecule has 0 saturated heterocycles. The molecule has 16 heteroatoms. The second kappa shape index (κ2) is 42.5. The quantitative estimate of drug-likeness (QED) is 0.0299. The number of carbonyl (C=O) groups excluding carboxylic acids is 8. The van der Waals surface area contributed by atoms with Crippen molar-refractivity contribution in [3.63, 3.8) is 0 Å². The van der Waals surface area contributed by atoms with Gasteiger partial charge in [0.05, 0.1) is 19.0 Å². The molecule has 14 nitrogen and oxygen atoms in total. The first-order chi connectivity index (χ1) is 32.9. The molecule has 0 aliphatic carbocycles. The lowest BCUT2D eigenvalue weighted by atomic mass is 9.94. The molecule has 0 aromatic rings. The summed E-state index contributed by atoms with van der Waals surface area (Å²) >= 11 is 0. The summed E-state index contributed by atoms with van der Waals surface area (Å²) in [4.78, 5) is 105. The molecule has 0 heterocycles. The SMILES string of the molecule is CCCCCCCCCCCCCCCC(=O)NCCC(=O)N(C)CC(=O)C[C@@H](CCCCNC(=O)CCC(C)SSCCOC(=O)C(C)C)C(=O)N(C)CC(=O)C[C@@H](C)C(=O)NCCCC(C)C. The van der Waals surface area contributed by atoms with Crippen LogP contribution in [0, 0.1) is 23.7 Å². The summed E-state index contributed by atoms with van der Waals surface area (Å²) in [7, 11) is 6.33. The second-order valence-corrected chi connectivity index (χ2v) is 22.8. The summed E-state index contributed by atoms with van der Waals surface area (Å²) in [5.41, 5.74) is 0. The van der Waals surface area contributed by atoms with E-state index in [0.29, 0.717) is 69.9 Å². The summed E-state index contributed by atoms with van der Waals surface area (Å²) in [6, 6.07) is 0. The molecule has 1 unspecified atom stereocenters. The van der Waals surface area contributed by atoms with Gasteiger partial charge in [0.25, 0.3) is 0 Å². The highest BCUT2D eigenvalue weighted by Crippen LogP contribution is 2.29. The third kappa shape index (κ3) is 38.2. The Morgan fingerprint density at radius 3 is 1.71 bits per heavy atom. The lowest BCUT2D eigenvalue weighted by Crippen LogP contribution is -2.40. The number of ether oxygens (including phenoxy) is 1. The molecule has 400 valence electrons. The van der Waals surface area contributed by atoms with Crippen LogP contribution in [-0.4, -0.2) is 121 Å². The average molecular weight is 1010 g/mol. The van der Waals surface area contributed by atoms with Gasteiger partial charge < -0.3 is 30.5 Å². The van der Waals surface area contributed by atoms with Crippen molar-refractivity contribution in [2.24, 2.45) is 23.7 Å². The Morgan fingerprint density at radius 1 is 0.551 bits per heavy atom. The summed E-state index contributed by atoms with van der Waals surface area (Å²) in [5, 5.41) is 8.90. The fraction of sp³-hybridized carbons (Fsp3) is 0.849. The van der Waals surface area contributed by atoms with Crippen LogP contribution in [0.2, 0.25) is 0 Å². The molecule has 0 fully saturated rings. The van der Waals surface area contributed by atoms with Gasteiger partial charge in [0.1, 0.15) is 6.61 Å². The average Bonchev–Trinajstić information content (AvgIpc) is 3.29. The van der Waals surface area contributed by atoms with Crippen LogP contribution in [0.1, 0.15) is 203 Å². The zero-order valence-corrected chi connectivity index (χ0v) is 46.3. The number of rotatable bonds is 45. The predicted molar refractivity (Wildman–Crippen MR) is 284 cm³/mol. The van der Waals surface area contributed by atoms with Crippen molar-refractivity contribution in [2.45, 2.75) is 208 Å². The zero-order valence-electron chi connectivity index (χ0n) is 44.7. The minimum Gasteiger partial charge on any atom is -0.465 e. The molecule has 0 aliphatic heterocycles. The molecular weight excluding hydrogens is 915 g/mol. The van der Waals surface area contributed by atoms with Gasteiger partial charge in [-0.2, -0.15) is 0 Å². The number of hydrogen-bond acceptors (Lipinski definition) is 11. The fourth-order valence-electron chi connectivity index (χ4n) is 7.67. The van der Waals surface area contributed by atoms with Crippen LogP contribution in [-0.2, 0) is 43.1 Å². The number of esters is 1. The zero-order chi connectivity index (χ0) is 51.8. The monoisotopic (exact) mass is 1010 g/mol. The molecule has 0 aromatic heterocycles. The Morgan fingerprint density at radius 2 is 1.10 bits per heavy atom. The maximum Gasteiger partial charge on any atom is 0.308 e. The molecule has 0 aromatic carbocycles. The number of likely N-dealkylation sites (N-methyl/N-ethyl adjacent to an activating group) is 2. The standard InChI is InChI=1S/C53H97N5O9S2/c1-10-11-12-13-14-15-16-17-18-19-20-21-22-28-48(61)55-34-31-50(63)57(8)39-47(60)38-45(52(65)58(9)40-46(59)37-43(6)51(64)56-33-25-26-41(2)3)27-23-24-32-54-49(62)30-29-44(7)69-68-36-35-67-53(66)42(4)5/h41-45H,10-40H2,1-9H3,(H,54,62)(H,55,61)(H,56,64)/t43-,44?,45-/m1/s1. The van der Waals surface area contributed by atoms with Crippen LogP contribution in [0.5, 0.6) is 0 Å². The summed E-state index contributed by atoms with van der Waals surface area (Å²) < 4.78 is 5.20. The lowest BCUT2D eigenvalue weighted by molar-refractivity contribution is -0.146. The number of unbranched alkanes of at least 4 members (excludes halogenated alkanes) is 13. The second-order valence-electron chi connectivity index (χ2n) is 19.9. The molecular formula is C53H97N5O9S2. The molecule has 5 amide bonds. The smallest absolute Gasteiger partial charge is 0.308 e. The fourth-order valence-corrected chi connectivity index (χ4v) is 9.84. The lowest BCUT2D eigenvalue weighted by Gasteiger charge is -2.24. The molecule has 0 aliphatic rings. The molecule has 3 N–H and O–H groups in total. The van der Waals surface area contributed by atoms with Crippen molar-refractivity contribution < 1.29 is 43.1 Å². The van der Waals surface area contributed by atoms with Gasteiger partial charge in [-0.25, -0.2) is 0 Å². The van der Waals surface area contributed by atoms with Gasteiger partial charge >= 0.3 is 5.97 Å². The van der Waals surface area contributed by atoms with E-state index in [-0.39, 0.29) is 97.1 Å². The number of amides is 5. The van der Waals surface area contributed by atoms with Crippen molar-refractivity contribution in [1.82, 2.24) is 25.8 Å². The Balaban J connectivity index is 4.98. The van der Waals surface area contributed by atoms with E-state index in [9.17, 15) is 38.4 Å². The highest BCUT2D eigenvalue weighted by molar-refractivity contribution is 8.76. The number of ketones is 2. The van der Waals surface area contributed by atoms with Crippen LogP contribution < -0.4 is 16.0 Å². The van der Waals surface area contributed by atoms with Crippen LogP contribution in [0.3, 0.4) is 0 Å². The first kappa shape index (κ1) is 65.9. The molecule has 69 heavy (non-hydrogen) atoms. The summed E-state index contributed by atoms with van der Waals surface area (Å²) in [5.74, 6) is -2.02. The van der Waals surface area contributed by atoms with E-state index in [4.69, 9.17) is 4.74 Å². The molecule has 0 saturated carbocycles. The third-order valence-electron chi connectivity index (χ3n) is 12.1. The first-order valence-corrected chi connectivity index (χ1v) is 29.0. The van der Waals surface area contributed by atoms with Crippen molar-refractivity contribution in [3.05, 3.63) is 0 Å². The van der Waals surface area contributed by atoms with Gasteiger partial charge in [0.15, 0.2) is 11.6 Å². The Kier molecular flexibility index (Phi) is 40.6. The van der Waals surface area contributed by atoms with Gasteiger partial charge in [-0.15, -0.1) is 0 Å². The Labute approximate surface area is 426 Å². The van der Waals surface area contributed by atoms with E-state index in [1.807, 2.05) is 0 Å². The van der Waals surface area contributed by atoms with Gasteiger partial charge in [0.2, 0.25) is 29.5 Å². The molecule has 0 radical (unpaired) electrons. The van der Waals surface area contributed by atoms with E-state index in [2.05, 4.69) is 43.6 Å². The number of carbonyl (C=O) groups is 8. The topological polar surface area (TPSA) is 188 Å². The Hall–Kier alpha value is -3.14. The van der Waals surface area contributed by atoms with Crippen molar-refractivity contribution in [1.29, 1.82) is 0 Å². The molecule has 0 bridgehead atoms. The number of nitrogens with zero attached hydrogens (tertiary/aromatic N) is 2. The maximum absolute atomic E-state index is 13.8. The third-order valence-corrected chi connectivity index (χ3v) is 15.0. The molecule has 0 spiro atoms. The normalized spacial score (nSPS) is 12.6. The van der Waals surface area contributed by atoms with Crippen LogP contribution in [0.4, 0.5) is 0 Å². The summed E-state index contributed by atoms with van der Waals surface area (Å²) in [6.07, 6.45) is 20.7. The number of hydrogen-bond donors (Lipinski definition) is 3. The summed E-state index contributed by atoms with van der Waals surface area (Å²) in [6.45, 7) is 14.9. The van der Waals surface area contributed by atoms with Crippen molar-refractivity contribution in [2.75, 3.05) is 59.2 Å². The van der Waals surface area contributed by atoms with Crippen LogP contribution >= 0.6 is 21.6 Å². The number of Topliss-reactive ketones (excluding diaryl/α,β-unsaturated/α-hetero) is 2. The van der Waals surface area contributed by atoms with Gasteiger partial charge in [-0.3, -0.25) is 38.4 Å². The van der Waals surface area contributed by atoms with Crippen LogP contribution in [0.15, 0.2) is 0 Å². The highest BCUT2D eigenvalue weighted by atomic mass is 33.1. The first-order valence-electron chi connectivity index (χ1n) is 26.7. The van der Waals surface area contributed by atoms with Gasteiger partial charge in [-0.1, -0.05) is 154 Å². The van der Waals surface area contributed by atoms with E-state index in [1.54, 1.807) is 42.4 Å². The predicted octanol–water partition coefficient (Wildman–Crippen LogP) is 9.65. The van der Waals surface area contributed by atoms with Gasteiger partial charge in [0, 0.05) is 88.7 Å². The van der Waals surface area contributed by atoms with Gasteiger partial charge in [-0.05, 0) is 44.4 Å². The number of nitrogens with one attached hydrogen (secondary N) is 3. The van der Waals surface area contributed by atoms with E-state index >= 15 is 0 Å². The largest absolute Gasteiger partial charge is 0.465 e. The van der Waals surface area contributed by atoms with Crippen molar-refractivity contribution in [3.8, 4) is 0 Å². The van der Waals surface area contributed by atoms with Crippen molar-refractivity contribution >= 4 is 68.7 Å². The van der Waals surface area contributed by atoms with Crippen LogP contribution in [0.25, 0.3) is 0 Å². The highest BCUT2D eigenvalue weighted by Gasteiger charge is 2.28. The Bertz CT molecular complexity index is 1470.